The second kappa shape index (κ2) is 4.12. The molecule has 1 aromatic rings. The van der Waals surface area contributed by atoms with E-state index >= 15 is 0 Å². The molecule has 17 heavy (non-hydrogen) atoms. The Hall–Kier alpha value is -0.835. The monoisotopic (exact) mass is 233 g/mol. The quantitative estimate of drug-likeness (QED) is 0.786. The molecule has 4 heteroatoms. The van der Waals surface area contributed by atoms with Gasteiger partial charge >= 0.3 is 7.12 Å². The molecule has 2 N–H and O–H groups in total. The standard InChI is InChI=1S/C13H20BNO2/c1-12(2)13(3,4)17-14(16-12)11-7-5-6-10(8-11)9-15/h5-8H,9,15H2,1-4H3. The highest BCUT2D eigenvalue weighted by Crippen LogP contribution is 2.36. The highest BCUT2D eigenvalue weighted by molar-refractivity contribution is 6.62. The summed E-state index contributed by atoms with van der Waals surface area (Å²) in [5.41, 5.74) is 7.18. The molecular formula is C13H20BNO2. The summed E-state index contributed by atoms with van der Waals surface area (Å²) in [7, 11) is -0.300. The summed E-state index contributed by atoms with van der Waals surface area (Å²) in [5.74, 6) is 0. The maximum atomic E-state index is 5.99. The summed E-state index contributed by atoms with van der Waals surface area (Å²) in [4.78, 5) is 0. The van der Waals surface area contributed by atoms with Gasteiger partial charge in [-0.25, -0.2) is 0 Å². The summed E-state index contributed by atoms with van der Waals surface area (Å²) < 4.78 is 12.0. The lowest BCUT2D eigenvalue weighted by Crippen LogP contribution is -2.41. The average molecular weight is 233 g/mol. The SMILES string of the molecule is CC1(C)OB(c2cccc(CN)c2)OC1(C)C. The fourth-order valence-corrected chi connectivity index (χ4v) is 1.85. The summed E-state index contributed by atoms with van der Waals surface area (Å²) in [6.07, 6.45) is 0. The van der Waals surface area contributed by atoms with E-state index in [1.54, 1.807) is 0 Å². The van der Waals surface area contributed by atoms with Crippen molar-refractivity contribution in [3.63, 3.8) is 0 Å². The second-order valence-electron chi connectivity index (χ2n) is 5.54. The molecule has 0 aromatic heterocycles. The lowest BCUT2D eigenvalue weighted by molar-refractivity contribution is 0.00578. The molecule has 0 saturated carbocycles. The zero-order chi connectivity index (χ0) is 12.7. The van der Waals surface area contributed by atoms with Gasteiger partial charge in [0.05, 0.1) is 11.2 Å². The van der Waals surface area contributed by atoms with Crippen molar-refractivity contribution in [3.8, 4) is 0 Å². The van der Waals surface area contributed by atoms with Crippen molar-refractivity contribution in [2.75, 3.05) is 0 Å². The third-order valence-electron chi connectivity index (χ3n) is 3.71. The minimum Gasteiger partial charge on any atom is -0.399 e. The fraction of sp³-hybridized carbons (Fsp3) is 0.538. The van der Waals surface area contributed by atoms with Gasteiger partial charge in [-0.15, -0.1) is 0 Å². The van der Waals surface area contributed by atoms with Gasteiger partial charge < -0.3 is 15.0 Å². The third kappa shape index (κ3) is 2.25. The molecule has 0 radical (unpaired) electrons. The Bertz CT molecular complexity index is 402. The van der Waals surface area contributed by atoms with E-state index in [1.807, 2.05) is 24.3 Å². The first-order valence-electron chi connectivity index (χ1n) is 6.00. The van der Waals surface area contributed by atoms with Gasteiger partial charge in [-0.05, 0) is 38.7 Å². The topological polar surface area (TPSA) is 44.5 Å². The van der Waals surface area contributed by atoms with Crippen molar-refractivity contribution in [3.05, 3.63) is 29.8 Å². The minimum absolute atomic E-state index is 0.295. The van der Waals surface area contributed by atoms with E-state index in [2.05, 4.69) is 27.7 Å². The number of hydrogen-bond donors (Lipinski definition) is 1. The molecular weight excluding hydrogens is 213 g/mol. The van der Waals surface area contributed by atoms with Crippen LogP contribution in [-0.2, 0) is 15.9 Å². The molecule has 0 amide bonds. The molecule has 1 aliphatic rings. The third-order valence-corrected chi connectivity index (χ3v) is 3.71. The van der Waals surface area contributed by atoms with E-state index in [-0.39, 0.29) is 18.3 Å². The van der Waals surface area contributed by atoms with E-state index < -0.39 is 0 Å². The van der Waals surface area contributed by atoms with Crippen LogP contribution in [0.1, 0.15) is 33.3 Å². The number of rotatable bonds is 2. The molecule has 3 nitrogen and oxygen atoms in total. The molecule has 1 fully saturated rings. The smallest absolute Gasteiger partial charge is 0.399 e. The summed E-state index contributed by atoms with van der Waals surface area (Å²) in [6.45, 7) is 8.76. The van der Waals surface area contributed by atoms with E-state index in [1.165, 1.54) is 0 Å². The van der Waals surface area contributed by atoms with Crippen molar-refractivity contribution in [1.29, 1.82) is 0 Å². The van der Waals surface area contributed by atoms with Crippen LogP contribution in [0.2, 0.25) is 0 Å². The molecule has 92 valence electrons. The maximum absolute atomic E-state index is 5.99. The Morgan fingerprint density at radius 1 is 1.12 bits per heavy atom. The van der Waals surface area contributed by atoms with E-state index in [4.69, 9.17) is 15.0 Å². The second-order valence-corrected chi connectivity index (χ2v) is 5.54. The molecule has 2 rings (SSSR count). The highest BCUT2D eigenvalue weighted by atomic mass is 16.7. The number of nitrogens with two attached hydrogens (primary N) is 1. The van der Waals surface area contributed by atoms with Crippen LogP contribution < -0.4 is 11.2 Å². The van der Waals surface area contributed by atoms with Crippen LogP contribution in [0.5, 0.6) is 0 Å². The van der Waals surface area contributed by atoms with E-state index in [0.717, 1.165) is 11.0 Å². The molecule has 0 aliphatic carbocycles. The molecule has 0 unspecified atom stereocenters. The van der Waals surface area contributed by atoms with Crippen LogP contribution >= 0.6 is 0 Å². The Kier molecular flexibility index (Phi) is 3.06. The van der Waals surface area contributed by atoms with Gasteiger partial charge in [0.15, 0.2) is 0 Å². The van der Waals surface area contributed by atoms with Gasteiger partial charge in [-0.3, -0.25) is 0 Å². The maximum Gasteiger partial charge on any atom is 0.494 e. The Morgan fingerprint density at radius 2 is 1.71 bits per heavy atom. The summed E-state index contributed by atoms with van der Waals surface area (Å²) >= 11 is 0. The minimum atomic E-state index is -0.300. The predicted molar refractivity (Wildman–Crippen MR) is 70.0 cm³/mol. The van der Waals surface area contributed by atoms with Crippen LogP contribution in [-0.4, -0.2) is 18.3 Å². The lowest BCUT2D eigenvalue weighted by Gasteiger charge is -2.32. The van der Waals surface area contributed by atoms with E-state index in [9.17, 15) is 0 Å². The molecule has 1 aliphatic heterocycles. The first-order valence-corrected chi connectivity index (χ1v) is 6.00. The predicted octanol–water partition coefficient (Wildman–Crippen LogP) is 1.44. The lowest BCUT2D eigenvalue weighted by atomic mass is 9.78. The van der Waals surface area contributed by atoms with Gasteiger partial charge in [-0.1, -0.05) is 24.3 Å². The zero-order valence-electron chi connectivity index (χ0n) is 11.0. The van der Waals surface area contributed by atoms with Crippen LogP contribution in [0.15, 0.2) is 24.3 Å². The van der Waals surface area contributed by atoms with Crippen molar-refractivity contribution in [2.45, 2.75) is 45.4 Å². The zero-order valence-corrected chi connectivity index (χ0v) is 11.0. The molecule has 1 aromatic carbocycles. The van der Waals surface area contributed by atoms with Gasteiger partial charge in [0.2, 0.25) is 0 Å². The number of benzene rings is 1. The van der Waals surface area contributed by atoms with Gasteiger partial charge in [0.1, 0.15) is 0 Å². The average Bonchev–Trinajstić information content (AvgIpc) is 2.48. The fourth-order valence-electron chi connectivity index (χ4n) is 1.85. The number of hydrogen-bond acceptors (Lipinski definition) is 3. The van der Waals surface area contributed by atoms with Crippen LogP contribution in [0, 0.1) is 0 Å². The van der Waals surface area contributed by atoms with Crippen LogP contribution in [0.4, 0.5) is 0 Å². The normalized spacial score (nSPS) is 21.8. The van der Waals surface area contributed by atoms with Crippen molar-refractivity contribution >= 4 is 12.6 Å². The highest BCUT2D eigenvalue weighted by Gasteiger charge is 2.51. The van der Waals surface area contributed by atoms with Crippen LogP contribution in [0.25, 0.3) is 0 Å². The largest absolute Gasteiger partial charge is 0.494 e. The molecule has 0 atom stereocenters. The van der Waals surface area contributed by atoms with E-state index in [0.29, 0.717) is 6.54 Å². The van der Waals surface area contributed by atoms with Gasteiger partial charge in [0.25, 0.3) is 0 Å². The molecule has 0 spiro atoms. The van der Waals surface area contributed by atoms with Crippen molar-refractivity contribution in [1.82, 2.24) is 0 Å². The van der Waals surface area contributed by atoms with Crippen LogP contribution in [0.3, 0.4) is 0 Å². The van der Waals surface area contributed by atoms with Crippen molar-refractivity contribution < 1.29 is 9.31 Å². The Labute approximate surface area is 103 Å². The first kappa shape index (κ1) is 12.6. The van der Waals surface area contributed by atoms with Gasteiger partial charge in [0, 0.05) is 6.54 Å². The molecule has 0 bridgehead atoms. The van der Waals surface area contributed by atoms with Crippen molar-refractivity contribution in [2.24, 2.45) is 5.73 Å². The van der Waals surface area contributed by atoms with Gasteiger partial charge in [-0.2, -0.15) is 0 Å². The Balaban J connectivity index is 2.25. The Morgan fingerprint density at radius 3 is 2.24 bits per heavy atom. The molecule has 1 heterocycles. The molecule has 1 saturated heterocycles. The summed E-state index contributed by atoms with van der Waals surface area (Å²) in [5, 5.41) is 0. The first-order chi connectivity index (χ1) is 7.86. The summed E-state index contributed by atoms with van der Waals surface area (Å²) in [6, 6.07) is 8.06.